The summed E-state index contributed by atoms with van der Waals surface area (Å²) in [5, 5.41) is 3.70. The van der Waals surface area contributed by atoms with Crippen LogP contribution < -0.4 is 5.32 Å². The van der Waals surface area contributed by atoms with Crippen LogP contribution in [0.3, 0.4) is 0 Å². The molecule has 2 aromatic carbocycles. The molecule has 0 fully saturated rings. The number of Topliss-reactive ketones (excluding diaryl/α,β-unsaturated/α-hetero) is 1. The fourth-order valence-corrected chi connectivity index (χ4v) is 3.64. The molecule has 0 saturated carbocycles. The Labute approximate surface area is 151 Å². The number of nitrogens with one attached hydrogen (secondary N) is 1. The monoisotopic (exact) mass is 333 g/mol. The fraction of sp³-hybridized carbons (Fsp3) is 0.348. The lowest BCUT2D eigenvalue weighted by Gasteiger charge is -2.44. The second-order valence-corrected chi connectivity index (χ2v) is 8.43. The van der Waals surface area contributed by atoms with Crippen molar-refractivity contribution in [2.75, 3.05) is 0 Å². The van der Waals surface area contributed by atoms with Gasteiger partial charge in [0.1, 0.15) is 0 Å². The maximum atomic E-state index is 13.3. The number of ketones is 1. The molecule has 0 amide bonds. The van der Waals surface area contributed by atoms with E-state index in [-0.39, 0.29) is 22.8 Å². The first-order valence-corrected chi connectivity index (χ1v) is 8.89. The molecule has 1 atom stereocenters. The van der Waals surface area contributed by atoms with Gasteiger partial charge in [-0.25, -0.2) is 0 Å². The zero-order valence-corrected chi connectivity index (χ0v) is 15.8. The van der Waals surface area contributed by atoms with Gasteiger partial charge in [-0.05, 0) is 38.0 Å². The zero-order valence-electron chi connectivity index (χ0n) is 15.8. The Morgan fingerprint density at radius 3 is 2.20 bits per heavy atom. The van der Waals surface area contributed by atoms with Crippen molar-refractivity contribution in [2.24, 2.45) is 0 Å². The van der Waals surface area contributed by atoms with Crippen LogP contribution in [0.1, 0.15) is 56.1 Å². The van der Waals surface area contributed by atoms with Crippen molar-refractivity contribution < 1.29 is 4.79 Å². The SMILES string of the molecule is CC(C)(C)NC1/C(=C\c2ccccc2)C(=O)c2ccccc2C1(C)C. The van der Waals surface area contributed by atoms with Crippen molar-refractivity contribution in [3.63, 3.8) is 0 Å². The molecule has 1 N–H and O–H groups in total. The van der Waals surface area contributed by atoms with Gasteiger partial charge in [0, 0.05) is 28.1 Å². The minimum atomic E-state index is -0.182. The molecular weight excluding hydrogens is 306 g/mol. The molecule has 0 radical (unpaired) electrons. The van der Waals surface area contributed by atoms with Crippen LogP contribution in [0.2, 0.25) is 0 Å². The molecule has 3 rings (SSSR count). The third-order valence-corrected chi connectivity index (χ3v) is 4.86. The number of benzene rings is 2. The summed E-state index contributed by atoms with van der Waals surface area (Å²) in [5.74, 6) is 0.125. The van der Waals surface area contributed by atoms with Crippen LogP contribution >= 0.6 is 0 Å². The summed E-state index contributed by atoms with van der Waals surface area (Å²) in [6.07, 6.45) is 2.05. The summed E-state index contributed by atoms with van der Waals surface area (Å²) in [7, 11) is 0. The standard InChI is InChI=1S/C23H27NO/c1-22(2,3)24-21-18(15-16-11-7-6-8-12-16)20(25)17-13-9-10-14-19(17)23(21,4)5/h6-15,21,24H,1-5H3/b18-15-. The minimum absolute atomic E-state index is 0.0462. The number of carbonyl (C=O) groups excluding carboxylic acids is 1. The lowest BCUT2D eigenvalue weighted by atomic mass is 9.66. The molecule has 1 aliphatic rings. The van der Waals surface area contributed by atoms with Crippen LogP contribution in [0.15, 0.2) is 60.2 Å². The van der Waals surface area contributed by atoms with Crippen molar-refractivity contribution in [3.05, 3.63) is 76.9 Å². The minimum Gasteiger partial charge on any atom is -0.304 e. The fourth-order valence-electron chi connectivity index (χ4n) is 3.64. The number of hydrogen-bond acceptors (Lipinski definition) is 2. The van der Waals surface area contributed by atoms with E-state index in [4.69, 9.17) is 0 Å². The Balaban J connectivity index is 2.20. The van der Waals surface area contributed by atoms with Crippen molar-refractivity contribution in [3.8, 4) is 0 Å². The van der Waals surface area contributed by atoms with Crippen LogP contribution in [0.4, 0.5) is 0 Å². The van der Waals surface area contributed by atoms with Crippen molar-refractivity contribution in [1.29, 1.82) is 0 Å². The molecule has 130 valence electrons. The summed E-state index contributed by atoms with van der Waals surface area (Å²) in [6.45, 7) is 10.9. The Hall–Kier alpha value is -2.19. The smallest absolute Gasteiger partial charge is 0.190 e. The first-order chi connectivity index (χ1) is 11.7. The van der Waals surface area contributed by atoms with Gasteiger partial charge in [-0.3, -0.25) is 4.79 Å². The molecule has 0 aromatic heterocycles. The Morgan fingerprint density at radius 2 is 1.56 bits per heavy atom. The van der Waals surface area contributed by atoms with Crippen LogP contribution in [0.5, 0.6) is 0 Å². The molecule has 25 heavy (non-hydrogen) atoms. The Bertz CT molecular complexity index is 809. The number of hydrogen-bond donors (Lipinski definition) is 1. The van der Waals surface area contributed by atoms with Gasteiger partial charge >= 0.3 is 0 Å². The highest BCUT2D eigenvalue weighted by Crippen LogP contribution is 2.41. The molecule has 1 aliphatic carbocycles. The Kier molecular flexibility index (Phi) is 4.42. The van der Waals surface area contributed by atoms with Crippen LogP contribution in [0, 0.1) is 0 Å². The highest BCUT2D eigenvalue weighted by atomic mass is 16.1. The maximum Gasteiger partial charge on any atom is 0.190 e. The number of carbonyl (C=O) groups is 1. The molecule has 1 unspecified atom stereocenters. The van der Waals surface area contributed by atoms with E-state index in [1.807, 2.05) is 54.6 Å². The van der Waals surface area contributed by atoms with E-state index >= 15 is 0 Å². The molecule has 2 aromatic rings. The molecule has 2 nitrogen and oxygen atoms in total. The van der Waals surface area contributed by atoms with E-state index in [2.05, 4.69) is 46.0 Å². The summed E-state index contributed by atoms with van der Waals surface area (Å²) in [6, 6.07) is 18.1. The normalized spacial score (nSPS) is 21.2. The first-order valence-electron chi connectivity index (χ1n) is 8.89. The predicted octanol–water partition coefficient (Wildman–Crippen LogP) is 5.00. The first kappa shape index (κ1) is 17.6. The third-order valence-electron chi connectivity index (χ3n) is 4.86. The topological polar surface area (TPSA) is 29.1 Å². The van der Waals surface area contributed by atoms with Gasteiger partial charge < -0.3 is 5.32 Å². The average Bonchev–Trinajstić information content (AvgIpc) is 2.56. The van der Waals surface area contributed by atoms with Gasteiger partial charge in [0.05, 0.1) is 0 Å². The largest absolute Gasteiger partial charge is 0.304 e. The average molecular weight is 333 g/mol. The molecule has 0 saturated heterocycles. The highest BCUT2D eigenvalue weighted by Gasteiger charge is 2.44. The quantitative estimate of drug-likeness (QED) is 0.784. The lowest BCUT2D eigenvalue weighted by molar-refractivity contribution is 0.0996. The predicted molar refractivity (Wildman–Crippen MR) is 105 cm³/mol. The summed E-state index contributed by atoms with van der Waals surface area (Å²) < 4.78 is 0. The van der Waals surface area contributed by atoms with Crippen molar-refractivity contribution in [1.82, 2.24) is 5.32 Å². The summed E-state index contributed by atoms with van der Waals surface area (Å²) in [4.78, 5) is 13.3. The summed E-state index contributed by atoms with van der Waals surface area (Å²) >= 11 is 0. The van der Waals surface area contributed by atoms with E-state index in [1.54, 1.807) is 0 Å². The van der Waals surface area contributed by atoms with Crippen LogP contribution in [0.25, 0.3) is 6.08 Å². The van der Waals surface area contributed by atoms with Gasteiger partial charge in [0.15, 0.2) is 5.78 Å². The van der Waals surface area contributed by atoms with Gasteiger partial charge in [-0.2, -0.15) is 0 Å². The number of rotatable bonds is 2. The van der Waals surface area contributed by atoms with Gasteiger partial charge in [0.2, 0.25) is 0 Å². The summed E-state index contributed by atoms with van der Waals surface area (Å²) in [5.41, 5.74) is 3.56. The van der Waals surface area contributed by atoms with Gasteiger partial charge in [-0.15, -0.1) is 0 Å². The van der Waals surface area contributed by atoms with Crippen molar-refractivity contribution in [2.45, 2.75) is 51.6 Å². The highest BCUT2D eigenvalue weighted by molar-refractivity contribution is 6.14. The number of fused-ring (bicyclic) bond motifs is 1. The van der Waals surface area contributed by atoms with E-state index in [0.717, 1.165) is 22.3 Å². The van der Waals surface area contributed by atoms with Crippen LogP contribution in [-0.2, 0) is 5.41 Å². The second-order valence-electron chi connectivity index (χ2n) is 8.43. The second kappa shape index (κ2) is 6.27. The van der Waals surface area contributed by atoms with E-state index in [0.29, 0.717) is 0 Å². The van der Waals surface area contributed by atoms with Crippen LogP contribution in [-0.4, -0.2) is 17.4 Å². The molecule has 0 heterocycles. The van der Waals surface area contributed by atoms with Gasteiger partial charge in [0.25, 0.3) is 0 Å². The molecule has 2 heteroatoms. The molecule has 0 spiro atoms. The van der Waals surface area contributed by atoms with E-state index in [9.17, 15) is 4.79 Å². The molecule has 0 aliphatic heterocycles. The van der Waals surface area contributed by atoms with E-state index in [1.165, 1.54) is 0 Å². The molecule has 0 bridgehead atoms. The third kappa shape index (κ3) is 3.45. The maximum absolute atomic E-state index is 13.3. The molecular formula is C23H27NO. The lowest BCUT2D eigenvalue weighted by Crippen LogP contribution is -2.56. The zero-order chi connectivity index (χ0) is 18.2. The van der Waals surface area contributed by atoms with Crippen molar-refractivity contribution >= 4 is 11.9 Å². The Morgan fingerprint density at radius 1 is 0.960 bits per heavy atom. The van der Waals surface area contributed by atoms with E-state index < -0.39 is 0 Å². The van der Waals surface area contributed by atoms with Gasteiger partial charge in [-0.1, -0.05) is 68.4 Å².